The van der Waals surface area contributed by atoms with Gasteiger partial charge in [0.05, 0.1) is 27.1 Å². The molecular weight excluding hydrogens is 394 g/mol. The molecule has 0 saturated heterocycles. The third-order valence-corrected chi connectivity index (χ3v) is 5.74. The average Bonchev–Trinajstić information content (AvgIpc) is 3.19. The summed E-state index contributed by atoms with van der Waals surface area (Å²) in [6.07, 6.45) is 0. The summed E-state index contributed by atoms with van der Waals surface area (Å²) in [6, 6.07) is 20.9. The van der Waals surface area contributed by atoms with Gasteiger partial charge in [-0.1, -0.05) is 42.5 Å². The second-order valence-electron chi connectivity index (χ2n) is 7.43. The second-order valence-corrected chi connectivity index (χ2v) is 7.43. The van der Waals surface area contributed by atoms with Gasteiger partial charge >= 0.3 is 0 Å². The van der Waals surface area contributed by atoms with E-state index in [0.717, 1.165) is 16.5 Å². The maximum absolute atomic E-state index is 13.3. The Balaban J connectivity index is 1.73. The third-order valence-electron chi connectivity index (χ3n) is 5.74. The molecule has 0 spiro atoms. The molecule has 5 aromatic rings. The van der Waals surface area contributed by atoms with Gasteiger partial charge in [-0.25, -0.2) is 9.66 Å². The van der Waals surface area contributed by atoms with Gasteiger partial charge in [0.2, 0.25) is 0 Å². The zero-order valence-corrected chi connectivity index (χ0v) is 16.1. The highest BCUT2D eigenvalue weighted by atomic mass is 16.6. The molecule has 2 N–H and O–H groups in total. The van der Waals surface area contributed by atoms with E-state index >= 15 is 0 Å². The highest BCUT2D eigenvalue weighted by molar-refractivity contribution is 5.93. The van der Waals surface area contributed by atoms with Gasteiger partial charge < -0.3 is 10.4 Å². The number of nitro benzene ring substituents is 1. The number of benzene rings is 3. The summed E-state index contributed by atoms with van der Waals surface area (Å²) in [4.78, 5) is 32.8. The molecule has 3 aromatic carbocycles. The van der Waals surface area contributed by atoms with Crippen LogP contribution in [0.1, 0.15) is 17.2 Å². The summed E-state index contributed by atoms with van der Waals surface area (Å²) >= 11 is 0. The van der Waals surface area contributed by atoms with Gasteiger partial charge in [0.25, 0.3) is 11.2 Å². The topological polar surface area (TPSA) is 106 Å². The molecule has 150 valence electrons. The first-order valence-electron chi connectivity index (χ1n) is 9.76. The molecule has 8 heteroatoms. The molecular formula is C23H15N5O3. The van der Waals surface area contributed by atoms with Gasteiger partial charge in [-0.3, -0.25) is 14.9 Å². The molecule has 0 saturated carbocycles. The molecule has 0 aliphatic carbocycles. The number of nitro groups is 1. The van der Waals surface area contributed by atoms with Crippen molar-refractivity contribution in [1.29, 1.82) is 0 Å². The lowest BCUT2D eigenvalue weighted by Gasteiger charge is -2.28. The summed E-state index contributed by atoms with van der Waals surface area (Å²) < 4.78 is 1.39. The Bertz CT molecular complexity index is 1580. The highest BCUT2D eigenvalue weighted by Gasteiger charge is 2.34. The van der Waals surface area contributed by atoms with Crippen LogP contribution >= 0.6 is 0 Å². The molecule has 8 nitrogen and oxygen atoms in total. The minimum Gasteiger partial charge on any atom is -0.352 e. The molecule has 1 unspecified atom stereocenters. The summed E-state index contributed by atoms with van der Waals surface area (Å²) in [5, 5.41) is 13.1. The van der Waals surface area contributed by atoms with Crippen molar-refractivity contribution >= 4 is 27.5 Å². The van der Waals surface area contributed by atoms with Gasteiger partial charge in [0, 0.05) is 22.5 Å². The van der Waals surface area contributed by atoms with Crippen molar-refractivity contribution in [3.05, 3.63) is 104 Å². The number of hydrogen-bond acceptors (Lipinski definition) is 5. The summed E-state index contributed by atoms with van der Waals surface area (Å²) in [5.41, 5.74) is 6.39. The Kier molecular flexibility index (Phi) is 3.52. The lowest BCUT2D eigenvalue weighted by molar-refractivity contribution is -0.385. The fourth-order valence-electron chi connectivity index (χ4n) is 4.38. The predicted molar refractivity (Wildman–Crippen MR) is 118 cm³/mol. The second kappa shape index (κ2) is 6.27. The zero-order valence-electron chi connectivity index (χ0n) is 16.1. The standard InChI is InChI=1S/C23H15N5O3/c29-23-14-8-2-5-11-17(14)25-22-21-19(13-7-1-4-10-16(13)24-21)20(26-27(22)23)15-9-3-6-12-18(15)28(30)31/h1-12,20,24,26H. The summed E-state index contributed by atoms with van der Waals surface area (Å²) in [7, 11) is 0. The van der Waals surface area contributed by atoms with Crippen LogP contribution in [-0.4, -0.2) is 19.6 Å². The molecule has 0 amide bonds. The van der Waals surface area contributed by atoms with Crippen molar-refractivity contribution in [2.45, 2.75) is 6.04 Å². The van der Waals surface area contributed by atoms with Crippen LogP contribution in [-0.2, 0) is 0 Å². The Morgan fingerprint density at radius 2 is 1.65 bits per heavy atom. The first kappa shape index (κ1) is 17.4. The fourth-order valence-corrected chi connectivity index (χ4v) is 4.38. The van der Waals surface area contributed by atoms with Crippen LogP contribution in [0.5, 0.6) is 0 Å². The van der Waals surface area contributed by atoms with Crippen molar-refractivity contribution in [2.75, 3.05) is 5.43 Å². The first-order chi connectivity index (χ1) is 15.1. The van der Waals surface area contributed by atoms with E-state index in [1.165, 1.54) is 10.7 Å². The van der Waals surface area contributed by atoms with Gasteiger partial charge in [0.15, 0.2) is 5.82 Å². The molecule has 0 radical (unpaired) electrons. The van der Waals surface area contributed by atoms with Gasteiger partial charge in [-0.15, -0.1) is 0 Å². The molecule has 1 aliphatic rings. The number of nitrogens with zero attached hydrogens (tertiary/aromatic N) is 3. The van der Waals surface area contributed by atoms with E-state index in [1.807, 2.05) is 30.3 Å². The van der Waals surface area contributed by atoms with Crippen LogP contribution < -0.4 is 11.0 Å². The number of aromatic amines is 1. The molecule has 2 aromatic heterocycles. The smallest absolute Gasteiger partial charge is 0.280 e. The molecule has 1 atom stereocenters. The zero-order chi connectivity index (χ0) is 21.1. The molecule has 31 heavy (non-hydrogen) atoms. The van der Waals surface area contributed by atoms with Crippen LogP contribution in [0.25, 0.3) is 33.3 Å². The Morgan fingerprint density at radius 3 is 2.48 bits per heavy atom. The van der Waals surface area contributed by atoms with Crippen LogP contribution in [0.3, 0.4) is 0 Å². The Hall–Kier alpha value is -4.46. The van der Waals surface area contributed by atoms with Crippen molar-refractivity contribution < 1.29 is 4.92 Å². The first-order valence-corrected chi connectivity index (χ1v) is 9.76. The van der Waals surface area contributed by atoms with Crippen LogP contribution in [0, 0.1) is 10.1 Å². The Morgan fingerprint density at radius 1 is 0.935 bits per heavy atom. The van der Waals surface area contributed by atoms with E-state index in [4.69, 9.17) is 4.98 Å². The monoisotopic (exact) mass is 409 g/mol. The van der Waals surface area contributed by atoms with Gasteiger partial charge in [-0.2, -0.15) is 0 Å². The minimum atomic E-state index is -0.610. The van der Waals surface area contributed by atoms with E-state index in [-0.39, 0.29) is 11.2 Å². The number of H-pyrrole nitrogens is 1. The largest absolute Gasteiger partial charge is 0.352 e. The number of nitrogens with one attached hydrogen (secondary N) is 2. The van der Waals surface area contributed by atoms with Crippen LogP contribution in [0.2, 0.25) is 0 Å². The molecule has 0 fully saturated rings. The quantitative estimate of drug-likeness (QED) is 0.337. The van der Waals surface area contributed by atoms with E-state index in [1.54, 1.807) is 36.4 Å². The van der Waals surface area contributed by atoms with Crippen LogP contribution in [0.4, 0.5) is 5.69 Å². The fraction of sp³-hybridized carbons (Fsp3) is 0.0435. The average molecular weight is 409 g/mol. The predicted octanol–water partition coefficient (Wildman–Crippen LogP) is 4.10. The van der Waals surface area contributed by atoms with E-state index in [9.17, 15) is 14.9 Å². The van der Waals surface area contributed by atoms with E-state index in [0.29, 0.717) is 28.0 Å². The van der Waals surface area contributed by atoms with E-state index in [2.05, 4.69) is 10.4 Å². The number of rotatable bonds is 2. The summed E-state index contributed by atoms with van der Waals surface area (Å²) in [6.45, 7) is 0. The lowest BCUT2D eigenvalue weighted by Crippen LogP contribution is -2.37. The number of hydrogen-bond donors (Lipinski definition) is 2. The van der Waals surface area contributed by atoms with Crippen molar-refractivity contribution in [2.24, 2.45) is 0 Å². The Labute approximate surface area is 174 Å². The molecule has 0 bridgehead atoms. The number of aromatic nitrogens is 3. The van der Waals surface area contributed by atoms with Crippen molar-refractivity contribution in [3.63, 3.8) is 0 Å². The van der Waals surface area contributed by atoms with E-state index < -0.39 is 11.0 Å². The maximum Gasteiger partial charge on any atom is 0.280 e. The lowest BCUT2D eigenvalue weighted by atomic mass is 9.93. The number of fused-ring (bicyclic) bond motifs is 6. The normalized spacial score (nSPS) is 14.8. The van der Waals surface area contributed by atoms with Crippen molar-refractivity contribution in [1.82, 2.24) is 14.6 Å². The third kappa shape index (κ3) is 2.42. The van der Waals surface area contributed by atoms with Crippen molar-refractivity contribution in [3.8, 4) is 11.5 Å². The summed E-state index contributed by atoms with van der Waals surface area (Å²) in [5.74, 6) is 0.449. The van der Waals surface area contributed by atoms with Gasteiger partial charge in [0.1, 0.15) is 6.04 Å². The number of para-hydroxylation sites is 3. The van der Waals surface area contributed by atoms with Gasteiger partial charge in [-0.05, 0) is 24.3 Å². The molecule has 1 aliphatic heterocycles. The SMILES string of the molecule is O=c1c2ccccc2nc2n1NC(c1ccccc1[N+](=O)[O-])c1c-2[nH]c2ccccc12. The maximum atomic E-state index is 13.3. The minimum absolute atomic E-state index is 0.0125. The molecule has 6 rings (SSSR count). The van der Waals surface area contributed by atoms with Crippen LogP contribution in [0.15, 0.2) is 77.6 Å². The highest BCUT2D eigenvalue weighted by Crippen LogP contribution is 2.42. The molecule has 3 heterocycles.